The number of aliphatic carboxylic acids is 2. The number of sulfonamides is 1. The lowest BCUT2D eigenvalue weighted by atomic mass is 10.2. The van der Waals surface area contributed by atoms with Crippen molar-refractivity contribution < 1.29 is 28.2 Å². The minimum Gasteiger partial charge on any atom is -0.481 e. The van der Waals surface area contributed by atoms with Gasteiger partial charge in [0.2, 0.25) is 0 Å². The molecule has 0 fully saturated rings. The molecule has 2 rings (SSSR count). The minimum absolute atomic E-state index is 0.0155. The van der Waals surface area contributed by atoms with Gasteiger partial charge in [0, 0.05) is 5.56 Å². The van der Waals surface area contributed by atoms with Gasteiger partial charge in [0.1, 0.15) is 5.84 Å². The summed E-state index contributed by atoms with van der Waals surface area (Å²) in [5.41, 5.74) is 0.226. The molecule has 0 aliphatic carbocycles. The summed E-state index contributed by atoms with van der Waals surface area (Å²) >= 11 is 0. The highest BCUT2D eigenvalue weighted by Gasteiger charge is 2.32. The first kappa shape index (κ1) is 14.0. The number of rotatable bonds is 4. The Labute approximate surface area is 113 Å². The molecule has 1 aromatic carbocycles. The second kappa shape index (κ2) is 4.93. The molecule has 9 heteroatoms. The second-order valence-electron chi connectivity index (χ2n) is 4.03. The average molecular weight is 298 g/mol. The summed E-state index contributed by atoms with van der Waals surface area (Å²) in [6.07, 6.45) is -0.733. The lowest BCUT2D eigenvalue weighted by molar-refractivity contribution is -0.144. The van der Waals surface area contributed by atoms with E-state index in [9.17, 15) is 18.0 Å². The molecule has 1 aliphatic rings. The quantitative estimate of drug-likeness (QED) is 0.696. The lowest BCUT2D eigenvalue weighted by Crippen LogP contribution is -2.28. The molecule has 0 aromatic heterocycles. The fraction of sp³-hybridized carbons (Fsp3) is 0.182. The Morgan fingerprint density at radius 1 is 1.25 bits per heavy atom. The molecule has 20 heavy (non-hydrogen) atoms. The summed E-state index contributed by atoms with van der Waals surface area (Å²) < 4.78 is 25.7. The molecular formula is C11H10N2O6S. The molecular weight excluding hydrogens is 288 g/mol. The molecule has 0 bridgehead atoms. The first-order chi connectivity index (χ1) is 9.31. The van der Waals surface area contributed by atoms with E-state index in [-0.39, 0.29) is 16.3 Å². The van der Waals surface area contributed by atoms with Gasteiger partial charge in [-0.05, 0) is 12.1 Å². The number of carbonyl (C=O) groups is 2. The van der Waals surface area contributed by atoms with Crippen LogP contribution in [0.15, 0.2) is 34.2 Å². The minimum atomic E-state index is -3.78. The maximum absolute atomic E-state index is 11.8. The number of carboxylic acids is 2. The third-order valence-corrected chi connectivity index (χ3v) is 4.00. The van der Waals surface area contributed by atoms with E-state index in [1.807, 2.05) is 0 Å². The van der Waals surface area contributed by atoms with Crippen LogP contribution in [0.4, 0.5) is 0 Å². The molecule has 0 amide bonds. The van der Waals surface area contributed by atoms with Gasteiger partial charge in [-0.15, -0.1) is 0 Å². The number of benzene rings is 1. The number of nitrogens with zero attached hydrogens (tertiary/aromatic N) is 1. The summed E-state index contributed by atoms with van der Waals surface area (Å²) in [6.45, 7) is 0. The predicted molar refractivity (Wildman–Crippen MR) is 67.0 cm³/mol. The SMILES string of the molecule is O=C(O)CC(N=C1NS(=O)(=O)c2ccccc21)C(=O)O. The average Bonchev–Trinajstić information content (AvgIpc) is 2.60. The van der Waals surface area contributed by atoms with Crippen LogP contribution in [0.2, 0.25) is 0 Å². The zero-order valence-corrected chi connectivity index (χ0v) is 10.8. The van der Waals surface area contributed by atoms with Gasteiger partial charge in [-0.3, -0.25) is 14.5 Å². The molecule has 1 heterocycles. The smallest absolute Gasteiger partial charge is 0.329 e. The Bertz CT molecular complexity index is 709. The van der Waals surface area contributed by atoms with Crippen molar-refractivity contribution in [1.29, 1.82) is 0 Å². The number of hydrogen-bond donors (Lipinski definition) is 3. The Balaban J connectivity index is 2.46. The number of fused-ring (bicyclic) bond motifs is 1. The summed E-state index contributed by atoms with van der Waals surface area (Å²) in [4.78, 5) is 25.2. The van der Waals surface area contributed by atoms with Crippen LogP contribution in [0.25, 0.3) is 0 Å². The molecule has 1 aromatic rings. The highest BCUT2D eigenvalue weighted by Crippen LogP contribution is 2.22. The fourth-order valence-electron chi connectivity index (χ4n) is 1.74. The molecule has 0 saturated carbocycles. The summed E-state index contributed by atoms with van der Waals surface area (Å²) in [6, 6.07) is 4.35. The van der Waals surface area contributed by atoms with Crippen LogP contribution in [0.3, 0.4) is 0 Å². The van der Waals surface area contributed by atoms with E-state index in [0.717, 1.165) is 0 Å². The van der Waals surface area contributed by atoms with Gasteiger partial charge < -0.3 is 10.2 Å². The van der Waals surface area contributed by atoms with E-state index in [1.165, 1.54) is 18.2 Å². The van der Waals surface area contributed by atoms with E-state index in [4.69, 9.17) is 10.2 Å². The number of aliphatic imine (C=N–C) groups is 1. The maximum atomic E-state index is 11.8. The largest absolute Gasteiger partial charge is 0.481 e. The summed E-state index contributed by atoms with van der Waals surface area (Å²) in [5.74, 6) is -2.94. The van der Waals surface area contributed by atoms with Crippen molar-refractivity contribution >= 4 is 27.8 Å². The molecule has 0 spiro atoms. The number of carboxylic acid groups (broad SMARTS) is 2. The van der Waals surface area contributed by atoms with Crippen molar-refractivity contribution in [2.45, 2.75) is 17.4 Å². The zero-order valence-electron chi connectivity index (χ0n) is 9.98. The van der Waals surface area contributed by atoms with E-state index < -0.39 is 34.4 Å². The van der Waals surface area contributed by atoms with Crippen LogP contribution in [-0.4, -0.2) is 42.4 Å². The summed E-state index contributed by atoms with van der Waals surface area (Å²) in [5, 5.41) is 17.5. The van der Waals surface area contributed by atoms with Crippen LogP contribution in [0, 0.1) is 0 Å². The van der Waals surface area contributed by atoms with Crippen molar-refractivity contribution in [2.75, 3.05) is 0 Å². The van der Waals surface area contributed by atoms with Gasteiger partial charge in [-0.25, -0.2) is 13.2 Å². The molecule has 106 valence electrons. The van der Waals surface area contributed by atoms with Crippen LogP contribution in [0.5, 0.6) is 0 Å². The molecule has 0 saturated heterocycles. The van der Waals surface area contributed by atoms with Gasteiger partial charge in [0.15, 0.2) is 6.04 Å². The van der Waals surface area contributed by atoms with Crippen molar-refractivity contribution in [1.82, 2.24) is 4.72 Å². The molecule has 3 N–H and O–H groups in total. The monoisotopic (exact) mass is 298 g/mol. The lowest BCUT2D eigenvalue weighted by Gasteiger charge is -2.06. The number of nitrogens with one attached hydrogen (secondary N) is 1. The number of hydrogen-bond acceptors (Lipinski definition) is 5. The molecule has 1 unspecified atom stereocenters. The fourth-order valence-corrected chi connectivity index (χ4v) is 2.98. The summed E-state index contributed by atoms with van der Waals surface area (Å²) in [7, 11) is -3.78. The van der Waals surface area contributed by atoms with Gasteiger partial charge >= 0.3 is 11.9 Å². The Morgan fingerprint density at radius 3 is 2.50 bits per heavy atom. The highest BCUT2D eigenvalue weighted by atomic mass is 32.2. The van der Waals surface area contributed by atoms with E-state index >= 15 is 0 Å². The second-order valence-corrected chi connectivity index (χ2v) is 5.68. The molecule has 1 atom stereocenters. The molecule has 1 aliphatic heterocycles. The van der Waals surface area contributed by atoms with Crippen LogP contribution in [0.1, 0.15) is 12.0 Å². The number of amidine groups is 1. The highest BCUT2D eigenvalue weighted by molar-refractivity contribution is 7.90. The van der Waals surface area contributed by atoms with Gasteiger partial charge in [-0.2, -0.15) is 0 Å². The van der Waals surface area contributed by atoms with Crippen molar-refractivity contribution in [3.63, 3.8) is 0 Å². The maximum Gasteiger partial charge on any atom is 0.329 e. The topological polar surface area (TPSA) is 133 Å². The van der Waals surface area contributed by atoms with E-state index in [2.05, 4.69) is 9.71 Å². The van der Waals surface area contributed by atoms with E-state index in [0.29, 0.717) is 0 Å². The van der Waals surface area contributed by atoms with Crippen molar-refractivity contribution in [2.24, 2.45) is 4.99 Å². The zero-order chi connectivity index (χ0) is 14.9. The normalized spacial score (nSPS) is 19.1. The predicted octanol–water partition coefficient (Wildman–Crippen LogP) is -0.347. The standard InChI is InChI=1S/C11H10N2O6S/c14-9(15)5-7(11(16)17)12-10-6-3-1-2-4-8(6)20(18,19)13-10/h1-4,7H,5H2,(H,12,13)(H,14,15)(H,16,17). The van der Waals surface area contributed by atoms with Crippen LogP contribution in [-0.2, 0) is 19.6 Å². The first-order valence-corrected chi connectivity index (χ1v) is 6.94. The van der Waals surface area contributed by atoms with E-state index in [1.54, 1.807) is 6.07 Å². The van der Waals surface area contributed by atoms with Crippen molar-refractivity contribution in [3.8, 4) is 0 Å². The Kier molecular flexibility index (Phi) is 3.45. The third-order valence-electron chi connectivity index (χ3n) is 2.60. The Hall–Kier alpha value is -2.42. The van der Waals surface area contributed by atoms with Gasteiger partial charge in [-0.1, -0.05) is 12.1 Å². The molecule has 8 nitrogen and oxygen atoms in total. The Morgan fingerprint density at radius 2 is 1.90 bits per heavy atom. The van der Waals surface area contributed by atoms with Crippen LogP contribution >= 0.6 is 0 Å². The first-order valence-electron chi connectivity index (χ1n) is 5.46. The van der Waals surface area contributed by atoms with Crippen molar-refractivity contribution in [3.05, 3.63) is 29.8 Å². The third kappa shape index (κ3) is 2.62. The van der Waals surface area contributed by atoms with Gasteiger partial charge in [0.05, 0.1) is 11.3 Å². The molecule has 0 radical (unpaired) electrons. The van der Waals surface area contributed by atoms with Crippen LogP contribution < -0.4 is 4.72 Å². The van der Waals surface area contributed by atoms with Gasteiger partial charge in [0.25, 0.3) is 10.0 Å².